The molecule has 0 saturated carbocycles. The molecule has 1 aromatic heterocycles. The van der Waals surface area contributed by atoms with Gasteiger partial charge in [0.25, 0.3) is 5.56 Å². The number of methoxy groups -OCH3 is 2. The second-order valence-corrected chi connectivity index (χ2v) is 5.35. The van der Waals surface area contributed by atoms with Gasteiger partial charge in [-0.2, -0.15) is 0 Å². The van der Waals surface area contributed by atoms with E-state index in [0.29, 0.717) is 18.2 Å². The Balaban J connectivity index is 2.04. The van der Waals surface area contributed by atoms with Gasteiger partial charge in [0.05, 0.1) is 32.6 Å². The van der Waals surface area contributed by atoms with Crippen LogP contribution in [0.2, 0.25) is 0 Å². The van der Waals surface area contributed by atoms with E-state index in [4.69, 9.17) is 9.47 Å². The van der Waals surface area contributed by atoms with Gasteiger partial charge in [0.15, 0.2) is 0 Å². The van der Waals surface area contributed by atoms with Crippen LogP contribution < -0.4 is 20.3 Å². The average molecular weight is 337 g/mol. The number of hydrogen-bond donors (Lipinski definition) is 1. The van der Waals surface area contributed by atoms with Gasteiger partial charge >= 0.3 is 0 Å². The second kappa shape index (κ2) is 7.53. The molecular formula is C19H19N3O3. The molecule has 0 aliphatic heterocycles. The maximum Gasteiger partial charge on any atom is 0.297 e. The van der Waals surface area contributed by atoms with Gasteiger partial charge in [0.1, 0.15) is 5.75 Å². The summed E-state index contributed by atoms with van der Waals surface area (Å²) in [5, 5.41) is 3.18. The average Bonchev–Trinajstić information content (AvgIpc) is 2.66. The zero-order valence-electron chi connectivity index (χ0n) is 14.1. The normalized spacial score (nSPS) is 10.3. The van der Waals surface area contributed by atoms with Crippen molar-refractivity contribution in [1.29, 1.82) is 0 Å². The van der Waals surface area contributed by atoms with E-state index in [-0.39, 0.29) is 11.3 Å². The Morgan fingerprint density at radius 1 is 0.960 bits per heavy atom. The van der Waals surface area contributed by atoms with Crippen LogP contribution in [-0.2, 0) is 6.54 Å². The van der Waals surface area contributed by atoms with Gasteiger partial charge in [-0.1, -0.05) is 42.5 Å². The molecular weight excluding hydrogens is 318 g/mol. The lowest BCUT2D eigenvalue weighted by atomic mass is 10.2. The Bertz CT molecular complexity index is 907. The third kappa shape index (κ3) is 3.63. The van der Waals surface area contributed by atoms with Crippen molar-refractivity contribution in [3.8, 4) is 11.5 Å². The van der Waals surface area contributed by atoms with E-state index >= 15 is 0 Å². The van der Waals surface area contributed by atoms with Crippen molar-refractivity contribution >= 4 is 11.6 Å². The molecule has 0 fully saturated rings. The molecule has 0 aliphatic carbocycles. The molecule has 0 radical (unpaired) electrons. The summed E-state index contributed by atoms with van der Waals surface area (Å²) in [6, 6.07) is 17.2. The molecule has 0 unspecified atom stereocenters. The van der Waals surface area contributed by atoms with Crippen LogP contribution in [0.25, 0.3) is 0 Å². The highest BCUT2D eigenvalue weighted by Crippen LogP contribution is 2.26. The highest BCUT2D eigenvalue weighted by Gasteiger charge is 2.13. The van der Waals surface area contributed by atoms with E-state index in [0.717, 1.165) is 11.3 Å². The SMILES string of the molecule is COc1ccccc1Nc1ncc(OC)c(=O)n1Cc1ccccc1. The minimum Gasteiger partial charge on any atom is -0.495 e. The number of rotatable bonds is 6. The summed E-state index contributed by atoms with van der Waals surface area (Å²) in [7, 11) is 3.05. The quantitative estimate of drug-likeness (QED) is 0.749. The molecule has 128 valence electrons. The first-order chi connectivity index (χ1) is 12.2. The van der Waals surface area contributed by atoms with Crippen LogP contribution in [0.4, 0.5) is 11.6 Å². The molecule has 0 atom stereocenters. The first-order valence-corrected chi connectivity index (χ1v) is 7.80. The van der Waals surface area contributed by atoms with Crippen LogP contribution in [0.3, 0.4) is 0 Å². The predicted molar refractivity (Wildman–Crippen MR) is 96.9 cm³/mol. The maximum absolute atomic E-state index is 12.7. The standard InChI is InChI=1S/C19H19N3O3/c1-24-16-11-7-6-10-15(16)21-19-20-12-17(25-2)18(23)22(19)13-14-8-4-3-5-9-14/h3-12H,13H2,1-2H3,(H,20,21). The predicted octanol–water partition coefficient (Wildman–Crippen LogP) is 3.05. The van der Waals surface area contributed by atoms with Gasteiger partial charge in [-0.3, -0.25) is 9.36 Å². The number of benzene rings is 2. The summed E-state index contributed by atoms with van der Waals surface area (Å²) in [4.78, 5) is 17.0. The largest absolute Gasteiger partial charge is 0.495 e. The highest BCUT2D eigenvalue weighted by atomic mass is 16.5. The lowest BCUT2D eigenvalue weighted by Crippen LogP contribution is -2.25. The molecule has 2 aromatic carbocycles. The van der Waals surface area contributed by atoms with Crippen LogP contribution in [-0.4, -0.2) is 23.8 Å². The molecule has 6 nitrogen and oxygen atoms in total. The summed E-state index contributed by atoms with van der Waals surface area (Å²) in [5.41, 5.74) is 1.46. The van der Waals surface area contributed by atoms with Crippen LogP contribution in [0.1, 0.15) is 5.56 Å². The van der Waals surface area contributed by atoms with Crippen LogP contribution >= 0.6 is 0 Å². The number of nitrogens with zero attached hydrogens (tertiary/aromatic N) is 2. The summed E-state index contributed by atoms with van der Waals surface area (Å²) >= 11 is 0. The second-order valence-electron chi connectivity index (χ2n) is 5.35. The Labute approximate surface area is 145 Å². The fourth-order valence-electron chi connectivity index (χ4n) is 2.49. The highest BCUT2D eigenvalue weighted by molar-refractivity contribution is 5.62. The fourth-order valence-corrected chi connectivity index (χ4v) is 2.49. The van der Waals surface area contributed by atoms with Crippen LogP contribution in [0.5, 0.6) is 11.5 Å². The Kier molecular flexibility index (Phi) is 4.99. The van der Waals surface area contributed by atoms with Gasteiger partial charge in [-0.15, -0.1) is 0 Å². The van der Waals surface area contributed by atoms with Crippen molar-refractivity contribution in [2.75, 3.05) is 19.5 Å². The van der Waals surface area contributed by atoms with Crippen molar-refractivity contribution in [3.05, 3.63) is 76.7 Å². The van der Waals surface area contributed by atoms with Gasteiger partial charge in [-0.05, 0) is 17.7 Å². The molecule has 0 spiro atoms. The lowest BCUT2D eigenvalue weighted by molar-refractivity contribution is 0.401. The Morgan fingerprint density at radius 2 is 1.64 bits per heavy atom. The Hall–Kier alpha value is -3.28. The van der Waals surface area contributed by atoms with E-state index in [1.807, 2.05) is 54.6 Å². The molecule has 0 saturated heterocycles. The Morgan fingerprint density at radius 3 is 2.36 bits per heavy atom. The smallest absolute Gasteiger partial charge is 0.297 e. The molecule has 3 aromatic rings. The molecule has 25 heavy (non-hydrogen) atoms. The summed E-state index contributed by atoms with van der Waals surface area (Å²) in [5.74, 6) is 1.28. The zero-order valence-corrected chi connectivity index (χ0v) is 14.1. The van der Waals surface area contributed by atoms with Gasteiger partial charge < -0.3 is 14.8 Å². The van der Waals surface area contributed by atoms with E-state index in [1.54, 1.807) is 11.7 Å². The summed E-state index contributed by atoms with van der Waals surface area (Å²) in [6.45, 7) is 0.376. The number of nitrogens with one attached hydrogen (secondary N) is 1. The number of anilines is 2. The molecule has 3 rings (SSSR count). The topological polar surface area (TPSA) is 65.4 Å². The number of aromatic nitrogens is 2. The number of para-hydroxylation sites is 2. The molecule has 0 aliphatic rings. The molecule has 1 N–H and O–H groups in total. The number of ether oxygens (including phenoxy) is 2. The maximum atomic E-state index is 12.7. The number of hydrogen-bond acceptors (Lipinski definition) is 5. The zero-order chi connectivity index (χ0) is 17.6. The van der Waals surface area contributed by atoms with Gasteiger partial charge in [0, 0.05) is 0 Å². The van der Waals surface area contributed by atoms with Crippen molar-refractivity contribution in [2.24, 2.45) is 0 Å². The monoisotopic (exact) mass is 337 g/mol. The molecule has 0 amide bonds. The van der Waals surface area contributed by atoms with E-state index in [2.05, 4.69) is 10.3 Å². The first-order valence-electron chi connectivity index (χ1n) is 7.80. The van der Waals surface area contributed by atoms with Crippen LogP contribution in [0, 0.1) is 0 Å². The first kappa shape index (κ1) is 16.6. The minimum absolute atomic E-state index is 0.196. The fraction of sp³-hybridized carbons (Fsp3) is 0.158. The van der Waals surface area contributed by atoms with E-state index in [1.165, 1.54) is 13.3 Å². The minimum atomic E-state index is -0.251. The van der Waals surface area contributed by atoms with Crippen molar-refractivity contribution in [3.63, 3.8) is 0 Å². The van der Waals surface area contributed by atoms with Gasteiger partial charge in [0.2, 0.25) is 11.7 Å². The summed E-state index contributed by atoms with van der Waals surface area (Å²) < 4.78 is 12.0. The van der Waals surface area contributed by atoms with Crippen molar-refractivity contribution in [1.82, 2.24) is 9.55 Å². The van der Waals surface area contributed by atoms with Crippen molar-refractivity contribution in [2.45, 2.75) is 6.54 Å². The molecule has 6 heteroatoms. The van der Waals surface area contributed by atoms with E-state index in [9.17, 15) is 4.79 Å². The lowest BCUT2D eigenvalue weighted by Gasteiger charge is -2.16. The van der Waals surface area contributed by atoms with Gasteiger partial charge in [-0.25, -0.2) is 4.98 Å². The van der Waals surface area contributed by atoms with Crippen LogP contribution in [0.15, 0.2) is 65.6 Å². The third-order valence-electron chi connectivity index (χ3n) is 3.77. The molecule has 1 heterocycles. The molecule has 0 bridgehead atoms. The van der Waals surface area contributed by atoms with E-state index < -0.39 is 0 Å². The summed E-state index contributed by atoms with van der Waals surface area (Å²) in [6.07, 6.45) is 1.42. The third-order valence-corrected chi connectivity index (χ3v) is 3.77. The van der Waals surface area contributed by atoms with Crippen molar-refractivity contribution < 1.29 is 9.47 Å².